The van der Waals surface area contributed by atoms with Crippen LogP contribution in [0.4, 0.5) is 5.69 Å². The van der Waals surface area contributed by atoms with Crippen molar-refractivity contribution < 1.29 is 16.8 Å². The summed E-state index contributed by atoms with van der Waals surface area (Å²) in [6, 6.07) is 19.1. The van der Waals surface area contributed by atoms with E-state index in [4.69, 9.17) is 0 Å². The molecule has 0 aliphatic carbocycles. The maximum Gasteiger partial charge on any atom is 0.261 e. The minimum atomic E-state index is -3.87. The number of sulfonamides is 2. The van der Waals surface area contributed by atoms with Crippen molar-refractivity contribution in [3.63, 3.8) is 0 Å². The number of nitrogens with one attached hydrogen (secondary N) is 1. The number of aromatic nitrogens is 1. The first-order chi connectivity index (χ1) is 15.8. The van der Waals surface area contributed by atoms with Crippen molar-refractivity contribution in [2.24, 2.45) is 5.92 Å². The zero-order valence-electron chi connectivity index (χ0n) is 17.7. The fraction of sp³-hybridized carbons (Fsp3) is 0.261. The molecule has 1 N–H and O–H groups in total. The van der Waals surface area contributed by atoms with E-state index < -0.39 is 20.0 Å². The highest BCUT2D eigenvalue weighted by Gasteiger charge is 2.41. The van der Waals surface area contributed by atoms with Gasteiger partial charge in [-0.25, -0.2) is 16.8 Å². The Morgan fingerprint density at radius 3 is 2.06 bits per heavy atom. The van der Waals surface area contributed by atoms with Crippen molar-refractivity contribution in [1.82, 2.24) is 8.87 Å². The summed E-state index contributed by atoms with van der Waals surface area (Å²) in [7, 11) is -7.57. The average Bonchev–Trinajstić information content (AvgIpc) is 2.82. The molecular weight excluding hydrogens is 462 g/mol. The van der Waals surface area contributed by atoms with Crippen LogP contribution in [0.1, 0.15) is 18.0 Å². The summed E-state index contributed by atoms with van der Waals surface area (Å²) in [5, 5.41) is 0. The number of fused-ring (bicyclic) bond motifs is 4. The van der Waals surface area contributed by atoms with Gasteiger partial charge in [-0.3, -0.25) is 9.52 Å². The van der Waals surface area contributed by atoms with Crippen LogP contribution in [0.25, 0.3) is 0 Å². The third kappa shape index (κ3) is 3.98. The lowest BCUT2D eigenvalue weighted by Gasteiger charge is -2.42. The monoisotopic (exact) mass is 485 g/mol. The molecular formula is C23H23N3O5S2. The van der Waals surface area contributed by atoms with E-state index in [0.29, 0.717) is 30.9 Å². The third-order valence-corrected chi connectivity index (χ3v) is 9.46. The highest BCUT2D eigenvalue weighted by Crippen LogP contribution is 2.40. The Balaban J connectivity index is 1.53. The van der Waals surface area contributed by atoms with Crippen molar-refractivity contribution in [2.45, 2.75) is 28.7 Å². The number of anilines is 1. The molecule has 2 aliphatic heterocycles. The first-order valence-corrected chi connectivity index (χ1v) is 13.5. The Labute approximate surface area is 192 Å². The lowest BCUT2D eigenvalue weighted by atomic mass is 9.83. The topological polar surface area (TPSA) is 106 Å². The molecule has 2 aliphatic rings. The van der Waals surface area contributed by atoms with Gasteiger partial charge in [0.25, 0.3) is 15.6 Å². The van der Waals surface area contributed by atoms with Crippen LogP contribution in [0.2, 0.25) is 0 Å². The number of hydrogen-bond donors (Lipinski definition) is 1. The second-order valence-electron chi connectivity index (χ2n) is 8.43. The van der Waals surface area contributed by atoms with Gasteiger partial charge in [-0.05, 0) is 42.7 Å². The molecule has 1 aromatic heterocycles. The molecule has 1 saturated heterocycles. The van der Waals surface area contributed by atoms with Crippen LogP contribution in [0, 0.1) is 5.92 Å². The molecule has 0 saturated carbocycles. The van der Waals surface area contributed by atoms with Gasteiger partial charge < -0.3 is 4.57 Å². The van der Waals surface area contributed by atoms with Gasteiger partial charge in [0.15, 0.2) is 0 Å². The maximum absolute atomic E-state index is 13.2. The van der Waals surface area contributed by atoms with E-state index in [1.807, 2.05) is 0 Å². The van der Waals surface area contributed by atoms with Crippen LogP contribution in [0.3, 0.4) is 0 Å². The molecule has 2 aromatic carbocycles. The summed E-state index contributed by atoms with van der Waals surface area (Å²) in [5.74, 6) is -0.341. The molecule has 2 unspecified atom stereocenters. The Morgan fingerprint density at radius 2 is 1.39 bits per heavy atom. The number of benzene rings is 2. The van der Waals surface area contributed by atoms with Crippen LogP contribution in [0.5, 0.6) is 0 Å². The second kappa shape index (κ2) is 8.12. The quantitative estimate of drug-likeness (QED) is 0.598. The second-order valence-corrected chi connectivity index (χ2v) is 12.1. The first kappa shape index (κ1) is 21.9. The van der Waals surface area contributed by atoms with Crippen LogP contribution in [-0.2, 0) is 26.6 Å². The smallest absolute Gasteiger partial charge is 0.261 e. The molecule has 2 bridgehead atoms. The molecule has 2 atom stereocenters. The maximum atomic E-state index is 13.2. The van der Waals surface area contributed by atoms with Crippen LogP contribution in [0.15, 0.2) is 87.4 Å². The molecule has 0 radical (unpaired) electrons. The van der Waals surface area contributed by atoms with E-state index in [9.17, 15) is 21.6 Å². The fourth-order valence-electron chi connectivity index (χ4n) is 4.80. The summed E-state index contributed by atoms with van der Waals surface area (Å²) in [5.41, 5.74) is 0.619. The van der Waals surface area contributed by atoms with Crippen molar-refractivity contribution in [1.29, 1.82) is 0 Å². The van der Waals surface area contributed by atoms with Crippen LogP contribution in [-0.4, -0.2) is 38.8 Å². The van der Waals surface area contributed by atoms with E-state index in [2.05, 4.69) is 4.72 Å². The molecule has 0 spiro atoms. The van der Waals surface area contributed by atoms with Gasteiger partial charge in [-0.15, -0.1) is 0 Å². The SMILES string of the molecule is O=c1ccc(NS(=O)(=O)c2ccccc2)c2n1CC1CC2CN(S(=O)(=O)c2ccccc2)C1. The van der Waals surface area contributed by atoms with E-state index in [-0.39, 0.29) is 33.7 Å². The number of piperidine rings is 1. The van der Waals surface area contributed by atoms with E-state index in [0.717, 1.165) is 0 Å². The van der Waals surface area contributed by atoms with Crippen molar-refractivity contribution in [2.75, 3.05) is 17.8 Å². The highest BCUT2D eigenvalue weighted by atomic mass is 32.2. The summed E-state index contributed by atoms with van der Waals surface area (Å²) < 4.78 is 58.1. The van der Waals surface area contributed by atoms with E-state index >= 15 is 0 Å². The largest absolute Gasteiger partial charge is 0.310 e. The molecule has 5 rings (SSSR count). The minimum Gasteiger partial charge on any atom is -0.310 e. The molecule has 33 heavy (non-hydrogen) atoms. The van der Waals surface area contributed by atoms with Gasteiger partial charge in [0, 0.05) is 37.3 Å². The molecule has 3 heterocycles. The predicted molar refractivity (Wildman–Crippen MR) is 124 cm³/mol. The molecule has 10 heteroatoms. The van der Waals surface area contributed by atoms with Gasteiger partial charge in [-0.1, -0.05) is 36.4 Å². The normalized spacial score (nSPS) is 20.7. The Bertz CT molecular complexity index is 1450. The molecule has 1 fully saturated rings. The lowest BCUT2D eigenvalue weighted by molar-refractivity contribution is 0.187. The third-order valence-electron chi connectivity index (χ3n) is 6.24. The molecule has 3 aromatic rings. The summed E-state index contributed by atoms with van der Waals surface area (Å²) in [6.45, 7) is 0.837. The van der Waals surface area contributed by atoms with E-state index in [1.54, 1.807) is 53.1 Å². The van der Waals surface area contributed by atoms with Gasteiger partial charge in [0.05, 0.1) is 15.5 Å². The molecule has 8 nitrogen and oxygen atoms in total. The number of nitrogens with zero attached hydrogens (tertiary/aromatic N) is 2. The zero-order chi connectivity index (χ0) is 23.2. The minimum absolute atomic E-state index is 0.0339. The van der Waals surface area contributed by atoms with Gasteiger partial charge >= 0.3 is 0 Å². The Morgan fingerprint density at radius 1 is 0.758 bits per heavy atom. The van der Waals surface area contributed by atoms with E-state index in [1.165, 1.54) is 28.6 Å². The summed E-state index contributed by atoms with van der Waals surface area (Å²) >= 11 is 0. The standard InChI is InChI=1S/C23H23N3O5S2/c27-22-12-11-21(24-32(28,29)19-7-3-1-4-8-19)23-18-13-17(15-26(22)23)14-25(16-18)33(30,31)20-9-5-2-6-10-20/h1-12,17-18,24H,13-16H2. The Kier molecular flexibility index (Phi) is 5.38. The Hall–Kier alpha value is -2.95. The van der Waals surface area contributed by atoms with Crippen molar-refractivity contribution in [3.05, 3.63) is 88.8 Å². The summed E-state index contributed by atoms with van der Waals surface area (Å²) in [4.78, 5) is 13.0. The molecule has 172 valence electrons. The van der Waals surface area contributed by atoms with Crippen molar-refractivity contribution in [3.8, 4) is 0 Å². The van der Waals surface area contributed by atoms with Gasteiger partial charge in [0.1, 0.15) is 0 Å². The number of rotatable bonds is 5. The van der Waals surface area contributed by atoms with Gasteiger partial charge in [-0.2, -0.15) is 4.31 Å². The highest BCUT2D eigenvalue weighted by molar-refractivity contribution is 7.92. The van der Waals surface area contributed by atoms with Crippen molar-refractivity contribution >= 4 is 25.7 Å². The fourth-order valence-corrected chi connectivity index (χ4v) is 7.48. The summed E-state index contributed by atoms with van der Waals surface area (Å²) in [6.07, 6.45) is 0.685. The first-order valence-electron chi connectivity index (χ1n) is 10.6. The number of hydrogen-bond acceptors (Lipinski definition) is 5. The average molecular weight is 486 g/mol. The lowest BCUT2D eigenvalue weighted by Crippen LogP contribution is -2.49. The van der Waals surface area contributed by atoms with Crippen LogP contribution >= 0.6 is 0 Å². The van der Waals surface area contributed by atoms with Crippen LogP contribution < -0.4 is 10.3 Å². The zero-order valence-corrected chi connectivity index (χ0v) is 19.3. The molecule has 0 amide bonds. The predicted octanol–water partition coefficient (Wildman–Crippen LogP) is 2.46. The van der Waals surface area contributed by atoms with Gasteiger partial charge in [0.2, 0.25) is 10.0 Å². The number of pyridine rings is 1.